The number of ether oxygens (including phenoxy) is 2. The second-order valence-corrected chi connectivity index (χ2v) is 5.54. The Bertz CT molecular complexity index is 929. The lowest BCUT2D eigenvalue weighted by Gasteiger charge is -2.08. The molecule has 0 radical (unpaired) electrons. The minimum atomic E-state index is -1.07. The molecule has 3 aromatic rings. The summed E-state index contributed by atoms with van der Waals surface area (Å²) in [6.07, 6.45) is 0. The molecule has 1 N–H and O–H groups in total. The molecule has 6 nitrogen and oxygen atoms in total. The van der Waals surface area contributed by atoms with Crippen molar-refractivity contribution in [3.8, 4) is 28.4 Å². The summed E-state index contributed by atoms with van der Waals surface area (Å²) in [5, 5.41) is 13.5. The van der Waals surface area contributed by atoms with Crippen LogP contribution in [-0.2, 0) is 0 Å². The van der Waals surface area contributed by atoms with Crippen LogP contribution < -0.4 is 9.47 Å². The van der Waals surface area contributed by atoms with Crippen LogP contribution >= 0.6 is 0 Å². The summed E-state index contributed by atoms with van der Waals surface area (Å²) in [6.45, 7) is 2.19. The number of hydrogen-bond acceptors (Lipinski definition) is 4. The third-order valence-electron chi connectivity index (χ3n) is 3.88. The van der Waals surface area contributed by atoms with Crippen molar-refractivity contribution >= 4 is 5.97 Å². The molecule has 1 aromatic heterocycles. The Morgan fingerprint density at radius 3 is 2.58 bits per heavy atom. The summed E-state index contributed by atoms with van der Waals surface area (Å²) in [6, 6.07) is 14.8. The Balaban J connectivity index is 1.87. The van der Waals surface area contributed by atoms with E-state index in [4.69, 9.17) is 9.47 Å². The number of aryl methyl sites for hydroxylation is 1. The van der Waals surface area contributed by atoms with Crippen molar-refractivity contribution in [2.75, 3.05) is 6.79 Å². The minimum Gasteiger partial charge on any atom is -0.476 e. The summed E-state index contributed by atoms with van der Waals surface area (Å²) in [7, 11) is 0. The first-order chi connectivity index (χ1) is 11.6. The average molecular weight is 322 g/mol. The molecule has 4 rings (SSSR count). The molecule has 0 saturated heterocycles. The Kier molecular flexibility index (Phi) is 3.23. The Labute approximate surface area is 137 Å². The van der Waals surface area contributed by atoms with E-state index in [1.54, 1.807) is 10.7 Å². The molecule has 120 valence electrons. The van der Waals surface area contributed by atoms with E-state index in [2.05, 4.69) is 5.10 Å². The highest BCUT2D eigenvalue weighted by molar-refractivity contribution is 5.87. The predicted octanol–water partition coefficient (Wildman–Crippen LogP) is 3.27. The van der Waals surface area contributed by atoms with Gasteiger partial charge in [-0.2, -0.15) is 5.10 Å². The zero-order valence-corrected chi connectivity index (χ0v) is 12.9. The van der Waals surface area contributed by atoms with Crippen LogP contribution in [-0.4, -0.2) is 27.6 Å². The lowest BCUT2D eigenvalue weighted by molar-refractivity contribution is 0.0690. The van der Waals surface area contributed by atoms with E-state index in [0.717, 1.165) is 16.8 Å². The van der Waals surface area contributed by atoms with Crippen molar-refractivity contribution in [3.05, 3.63) is 59.8 Å². The molecule has 0 fully saturated rings. The van der Waals surface area contributed by atoms with Crippen LogP contribution in [0.4, 0.5) is 0 Å². The molecule has 1 aliphatic rings. The van der Waals surface area contributed by atoms with E-state index in [0.29, 0.717) is 17.2 Å². The first kappa shape index (κ1) is 14.3. The lowest BCUT2D eigenvalue weighted by Crippen LogP contribution is -2.02. The lowest BCUT2D eigenvalue weighted by atomic mass is 10.1. The van der Waals surface area contributed by atoms with E-state index in [-0.39, 0.29) is 12.5 Å². The van der Waals surface area contributed by atoms with Gasteiger partial charge in [-0.05, 0) is 43.3 Å². The van der Waals surface area contributed by atoms with Crippen molar-refractivity contribution in [2.24, 2.45) is 0 Å². The van der Waals surface area contributed by atoms with Gasteiger partial charge in [-0.1, -0.05) is 17.7 Å². The molecule has 2 aromatic carbocycles. The maximum absolute atomic E-state index is 11.3. The first-order valence-corrected chi connectivity index (χ1v) is 7.42. The van der Waals surface area contributed by atoms with Gasteiger partial charge in [0.15, 0.2) is 17.2 Å². The Morgan fingerprint density at radius 1 is 1.08 bits per heavy atom. The van der Waals surface area contributed by atoms with Gasteiger partial charge in [0.05, 0.1) is 11.4 Å². The van der Waals surface area contributed by atoms with Gasteiger partial charge in [-0.3, -0.25) is 0 Å². The molecule has 1 aliphatic heterocycles. The van der Waals surface area contributed by atoms with Crippen molar-refractivity contribution in [3.63, 3.8) is 0 Å². The maximum atomic E-state index is 11.3. The fourth-order valence-electron chi connectivity index (χ4n) is 2.63. The first-order valence-electron chi connectivity index (χ1n) is 7.42. The third kappa shape index (κ3) is 2.38. The van der Waals surface area contributed by atoms with E-state index in [9.17, 15) is 9.90 Å². The normalized spacial score (nSPS) is 12.4. The van der Waals surface area contributed by atoms with Crippen molar-refractivity contribution in [1.82, 2.24) is 9.78 Å². The van der Waals surface area contributed by atoms with Crippen LogP contribution in [0.1, 0.15) is 16.1 Å². The number of aromatic carboxylic acids is 1. The molecule has 0 saturated carbocycles. The number of fused-ring (bicyclic) bond motifs is 1. The quantitative estimate of drug-likeness (QED) is 0.801. The van der Waals surface area contributed by atoms with Crippen LogP contribution in [0, 0.1) is 6.92 Å². The van der Waals surface area contributed by atoms with Gasteiger partial charge in [0.1, 0.15) is 0 Å². The Hall–Kier alpha value is -3.28. The second kappa shape index (κ2) is 5.42. The Morgan fingerprint density at radius 2 is 1.83 bits per heavy atom. The van der Waals surface area contributed by atoms with Crippen LogP contribution in [0.5, 0.6) is 11.5 Å². The zero-order valence-electron chi connectivity index (χ0n) is 12.9. The molecule has 6 heteroatoms. The number of nitrogens with zero attached hydrogens (tertiary/aromatic N) is 2. The van der Waals surface area contributed by atoms with Gasteiger partial charge in [0, 0.05) is 5.56 Å². The van der Waals surface area contributed by atoms with Gasteiger partial charge < -0.3 is 14.6 Å². The molecular formula is C18H14N2O4. The van der Waals surface area contributed by atoms with Crippen molar-refractivity contribution in [1.29, 1.82) is 0 Å². The van der Waals surface area contributed by atoms with Crippen LogP contribution in [0.3, 0.4) is 0 Å². The third-order valence-corrected chi connectivity index (χ3v) is 3.88. The van der Waals surface area contributed by atoms with Crippen LogP contribution in [0.2, 0.25) is 0 Å². The SMILES string of the molecule is Cc1ccc(-n2nc(C(=O)O)cc2-c2ccc3c(c2)OCO3)cc1. The number of aromatic nitrogens is 2. The minimum absolute atomic E-state index is 0.0109. The zero-order chi connectivity index (χ0) is 16.7. The number of hydrogen-bond donors (Lipinski definition) is 1. The van der Waals surface area contributed by atoms with E-state index >= 15 is 0 Å². The van der Waals surface area contributed by atoms with Crippen LogP contribution in [0.15, 0.2) is 48.5 Å². The van der Waals surface area contributed by atoms with Crippen molar-refractivity contribution < 1.29 is 19.4 Å². The molecule has 0 spiro atoms. The summed E-state index contributed by atoms with van der Waals surface area (Å²) in [4.78, 5) is 11.3. The van der Waals surface area contributed by atoms with Gasteiger partial charge in [0.2, 0.25) is 6.79 Å². The van der Waals surface area contributed by atoms with Crippen LogP contribution in [0.25, 0.3) is 16.9 Å². The molecule has 0 atom stereocenters. The summed E-state index contributed by atoms with van der Waals surface area (Å²) >= 11 is 0. The predicted molar refractivity (Wildman–Crippen MR) is 86.8 cm³/mol. The monoisotopic (exact) mass is 322 g/mol. The number of rotatable bonds is 3. The van der Waals surface area contributed by atoms with E-state index < -0.39 is 5.97 Å². The smallest absolute Gasteiger partial charge is 0.356 e. The fourth-order valence-corrected chi connectivity index (χ4v) is 2.63. The largest absolute Gasteiger partial charge is 0.476 e. The molecule has 0 bridgehead atoms. The van der Waals surface area contributed by atoms with Gasteiger partial charge >= 0.3 is 5.97 Å². The molecule has 2 heterocycles. The maximum Gasteiger partial charge on any atom is 0.356 e. The van der Waals surface area contributed by atoms with Gasteiger partial charge in [0.25, 0.3) is 0 Å². The molecule has 0 amide bonds. The summed E-state index contributed by atoms with van der Waals surface area (Å²) in [5.74, 6) is 0.252. The fraction of sp³-hybridized carbons (Fsp3) is 0.111. The standard InChI is InChI=1S/C18H14N2O4/c1-11-2-5-13(6-3-11)20-15(9-14(19-20)18(21)22)12-4-7-16-17(8-12)24-10-23-16/h2-9H,10H2,1H3,(H,21,22). The summed E-state index contributed by atoms with van der Waals surface area (Å²) < 4.78 is 12.4. The number of benzene rings is 2. The van der Waals surface area contributed by atoms with E-state index in [1.807, 2.05) is 49.4 Å². The second-order valence-electron chi connectivity index (χ2n) is 5.54. The molecule has 24 heavy (non-hydrogen) atoms. The van der Waals surface area contributed by atoms with Gasteiger partial charge in [-0.25, -0.2) is 9.48 Å². The van der Waals surface area contributed by atoms with Gasteiger partial charge in [-0.15, -0.1) is 0 Å². The number of carboxylic acid groups (broad SMARTS) is 1. The topological polar surface area (TPSA) is 73.6 Å². The molecule has 0 aliphatic carbocycles. The molecular weight excluding hydrogens is 308 g/mol. The highest BCUT2D eigenvalue weighted by atomic mass is 16.7. The number of carboxylic acids is 1. The molecule has 0 unspecified atom stereocenters. The van der Waals surface area contributed by atoms with Crippen molar-refractivity contribution in [2.45, 2.75) is 6.92 Å². The highest BCUT2D eigenvalue weighted by Crippen LogP contribution is 2.36. The van der Waals surface area contributed by atoms with E-state index in [1.165, 1.54) is 0 Å². The average Bonchev–Trinajstić information content (AvgIpc) is 3.21. The number of carbonyl (C=O) groups is 1. The highest BCUT2D eigenvalue weighted by Gasteiger charge is 2.19. The summed E-state index contributed by atoms with van der Waals surface area (Å²) in [5.41, 5.74) is 3.38.